The fourth-order valence-electron chi connectivity index (χ4n) is 4.58. The number of fused-ring (bicyclic) bond motifs is 2. The van der Waals surface area contributed by atoms with Crippen LogP contribution in [0.15, 0.2) is 70.6 Å². The van der Waals surface area contributed by atoms with Crippen LogP contribution in [0.5, 0.6) is 11.5 Å². The minimum atomic E-state index is -3.74. The number of nitrogens with zero attached hydrogens (tertiary/aromatic N) is 3. The Labute approximate surface area is 219 Å². The third-order valence-corrected chi connectivity index (χ3v) is 9.29. The maximum Gasteiger partial charge on any atom is 0.279 e. The van der Waals surface area contributed by atoms with Gasteiger partial charge in [0.15, 0.2) is 4.80 Å². The molecular formula is C27H27N3O5S2. The summed E-state index contributed by atoms with van der Waals surface area (Å²) < 4.78 is 41.9. The number of anilines is 1. The average Bonchev–Trinajstić information content (AvgIpc) is 3.51. The van der Waals surface area contributed by atoms with Crippen LogP contribution in [0.3, 0.4) is 0 Å². The zero-order chi connectivity index (χ0) is 26.2. The molecule has 0 radical (unpaired) electrons. The molecule has 3 aromatic carbocycles. The number of carbonyl (C=O) groups excluding carboxylic acids is 1. The summed E-state index contributed by atoms with van der Waals surface area (Å²) in [6.45, 7) is 3.09. The lowest BCUT2D eigenvalue weighted by molar-refractivity contribution is 0.0997. The monoisotopic (exact) mass is 537 g/mol. The average molecular weight is 538 g/mol. The molecule has 4 aromatic rings. The van der Waals surface area contributed by atoms with Crippen LogP contribution in [-0.2, 0) is 23.0 Å². The van der Waals surface area contributed by atoms with Crippen molar-refractivity contribution in [3.8, 4) is 11.5 Å². The molecule has 1 aromatic heterocycles. The lowest BCUT2D eigenvalue weighted by Gasteiger charge is -2.19. The largest absolute Gasteiger partial charge is 0.495 e. The second-order valence-electron chi connectivity index (χ2n) is 8.58. The van der Waals surface area contributed by atoms with E-state index in [2.05, 4.69) is 4.99 Å². The quantitative estimate of drug-likeness (QED) is 0.343. The number of sulfonamides is 1. The number of methoxy groups -OCH3 is 2. The third-order valence-electron chi connectivity index (χ3n) is 6.37. The van der Waals surface area contributed by atoms with E-state index in [1.54, 1.807) is 14.2 Å². The highest BCUT2D eigenvalue weighted by Gasteiger charge is 2.30. The van der Waals surface area contributed by atoms with Crippen molar-refractivity contribution in [2.24, 2.45) is 4.99 Å². The Morgan fingerprint density at radius 2 is 1.70 bits per heavy atom. The fourth-order valence-corrected chi connectivity index (χ4v) is 7.24. The lowest BCUT2D eigenvalue weighted by atomic mass is 10.2. The van der Waals surface area contributed by atoms with Crippen LogP contribution < -0.4 is 18.6 Å². The molecule has 37 heavy (non-hydrogen) atoms. The topological polar surface area (TPSA) is 90.2 Å². The van der Waals surface area contributed by atoms with Gasteiger partial charge in [-0.2, -0.15) is 4.99 Å². The molecule has 0 saturated carbocycles. The van der Waals surface area contributed by atoms with Gasteiger partial charge in [0, 0.05) is 18.7 Å². The van der Waals surface area contributed by atoms with E-state index in [1.165, 1.54) is 39.9 Å². The number of carbonyl (C=O) groups is 1. The molecular weight excluding hydrogens is 510 g/mol. The summed E-state index contributed by atoms with van der Waals surface area (Å²) >= 11 is 1.35. The molecule has 0 bridgehead atoms. The Bertz CT molecular complexity index is 1650. The molecule has 1 aliphatic heterocycles. The normalized spacial score (nSPS) is 13.7. The van der Waals surface area contributed by atoms with E-state index in [9.17, 15) is 13.2 Å². The van der Waals surface area contributed by atoms with Crippen molar-refractivity contribution >= 4 is 43.2 Å². The van der Waals surface area contributed by atoms with Crippen LogP contribution in [0.25, 0.3) is 10.2 Å². The number of hydrogen-bond donors (Lipinski definition) is 0. The van der Waals surface area contributed by atoms with Crippen LogP contribution in [-0.4, -0.2) is 39.7 Å². The maximum absolute atomic E-state index is 13.3. The summed E-state index contributed by atoms with van der Waals surface area (Å²) in [6, 6.07) is 17.1. The zero-order valence-corrected chi connectivity index (χ0v) is 22.4. The molecule has 10 heteroatoms. The Morgan fingerprint density at radius 3 is 2.41 bits per heavy atom. The van der Waals surface area contributed by atoms with Gasteiger partial charge in [0.1, 0.15) is 21.7 Å². The Hall–Kier alpha value is -3.63. The Balaban J connectivity index is 1.50. The first-order chi connectivity index (χ1) is 17.9. The van der Waals surface area contributed by atoms with Crippen molar-refractivity contribution in [1.82, 2.24) is 4.57 Å². The molecule has 0 spiro atoms. The van der Waals surface area contributed by atoms with Crippen molar-refractivity contribution in [3.05, 3.63) is 76.6 Å². The van der Waals surface area contributed by atoms with Gasteiger partial charge in [-0.1, -0.05) is 36.5 Å². The first-order valence-corrected chi connectivity index (χ1v) is 14.2. The highest BCUT2D eigenvalue weighted by Crippen LogP contribution is 2.35. The molecule has 1 aliphatic rings. The number of aryl methyl sites for hydroxylation is 1. The number of para-hydroxylation sites is 1. The highest BCUT2D eigenvalue weighted by atomic mass is 32.2. The van der Waals surface area contributed by atoms with Gasteiger partial charge >= 0.3 is 0 Å². The van der Waals surface area contributed by atoms with E-state index in [4.69, 9.17) is 9.47 Å². The molecule has 0 aliphatic carbocycles. The molecule has 0 N–H and O–H groups in total. The number of aromatic nitrogens is 1. The first-order valence-electron chi connectivity index (χ1n) is 11.9. The number of rotatable bonds is 7. The molecule has 0 fully saturated rings. The zero-order valence-electron chi connectivity index (χ0n) is 20.8. The van der Waals surface area contributed by atoms with Crippen LogP contribution in [0.2, 0.25) is 0 Å². The first kappa shape index (κ1) is 25.0. The van der Waals surface area contributed by atoms with Gasteiger partial charge in [-0.15, -0.1) is 0 Å². The summed E-state index contributed by atoms with van der Waals surface area (Å²) in [4.78, 5) is 18.2. The van der Waals surface area contributed by atoms with E-state index in [0.29, 0.717) is 47.1 Å². The predicted octanol–water partition coefficient (Wildman–Crippen LogP) is 4.62. The summed E-state index contributed by atoms with van der Waals surface area (Å²) in [7, 11) is -0.533. The SMILES string of the molecule is CCCn1c(=NC(=O)c2ccc(S(=O)(=O)N3CCc4ccccc43)cc2)sc2c(OC)ccc(OC)c21. The van der Waals surface area contributed by atoms with Crippen LogP contribution in [0.4, 0.5) is 5.69 Å². The molecule has 0 unspecified atom stereocenters. The molecule has 5 rings (SSSR count). The fraction of sp³-hybridized carbons (Fsp3) is 0.259. The molecule has 1 amide bonds. The van der Waals surface area contributed by atoms with Crippen LogP contribution in [0.1, 0.15) is 29.3 Å². The number of thiazole rings is 1. The van der Waals surface area contributed by atoms with Crippen molar-refractivity contribution in [3.63, 3.8) is 0 Å². The molecule has 0 saturated heterocycles. The van der Waals surface area contributed by atoms with Gasteiger partial charge in [0.2, 0.25) is 0 Å². The van der Waals surface area contributed by atoms with Crippen molar-refractivity contribution < 1.29 is 22.7 Å². The van der Waals surface area contributed by atoms with Gasteiger partial charge in [0.05, 0.1) is 24.8 Å². The predicted molar refractivity (Wildman–Crippen MR) is 144 cm³/mol. The molecule has 0 atom stereocenters. The smallest absolute Gasteiger partial charge is 0.279 e. The summed E-state index contributed by atoms with van der Waals surface area (Å²) in [5.74, 6) is 0.898. The van der Waals surface area contributed by atoms with Gasteiger partial charge < -0.3 is 14.0 Å². The standard InChI is InChI=1S/C27H27N3O5S2/c1-4-16-29-24-22(34-2)13-14-23(35-3)25(24)36-27(29)28-26(31)19-9-11-20(12-10-19)37(32,33)30-17-15-18-7-5-6-8-21(18)30/h5-14H,4,15-17H2,1-3H3. The summed E-state index contributed by atoms with van der Waals surface area (Å²) in [6.07, 6.45) is 1.51. The second kappa shape index (κ2) is 10.0. The number of ether oxygens (including phenoxy) is 2. The van der Waals surface area contributed by atoms with Crippen LogP contribution >= 0.6 is 11.3 Å². The minimum absolute atomic E-state index is 0.137. The van der Waals surface area contributed by atoms with E-state index in [1.807, 2.05) is 47.9 Å². The Morgan fingerprint density at radius 1 is 1.00 bits per heavy atom. The van der Waals surface area contributed by atoms with Gasteiger partial charge in [-0.25, -0.2) is 8.42 Å². The molecule has 8 nitrogen and oxygen atoms in total. The highest BCUT2D eigenvalue weighted by molar-refractivity contribution is 7.92. The summed E-state index contributed by atoms with van der Waals surface area (Å²) in [5, 5.41) is 0. The van der Waals surface area contributed by atoms with E-state index >= 15 is 0 Å². The van der Waals surface area contributed by atoms with E-state index in [-0.39, 0.29) is 4.90 Å². The second-order valence-corrected chi connectivity index (χ2v) is 11.4. The molecule has 192 valence electrons. The number of hydrogen-bond acceptors (Lipinski definition) is 6. The molecule has 2 heterocycles. The summed E-state index contributed by atoms with van der Waals surface area (Å²) in [5.41, 5.74) is 2.84. The van der Waals surface area contributed by atoms with Gasteiger partial charge in [-0.3, -0.25) is 9.10 Å². The maximum atomic E-state index is 13.3. The Kier molecular flexibility index (Phi) is 6.78. The van der Waals surface area contributed by atoms with E-state index in [0.717, 1.165) is 22.2 Å². The number of benzene rings is 3. The van der Waals surface area contributed by atoms with Gasteiger partial charge in [-0.05, 0) is 60.9 Å². The van der Waals surface area contributed by atoms with E-state index < -0.39 is 15.9 Å². The van der Waals surface area contributed by atoms with Gasteiger partial charge in [0.25, 0.3) is 15.9 Å². The van der Waals surface area contributed by atoms with Crippen molar-refractivity contribution in [2.45, 2.75) is 31.2 Å². The third kappa shape index (κ3) is 4.40. The minimum Gasteiger partial charge on any atom is -0.495 e. The number of amides is 1. The lowest BCUT2D eigenvalue weighted by Crippen LogP contribution is -2.29. The van der Waals surface area contributed by atoms with Crippen molar-refractivity contribution in [1.29, 1.82) is 0 Å². The van der Waals surface area contributed by atoms with Crippen LogP contribution in [0, 0.1) is 0 Å². The van der Waals surface area contributed by atoms with Crippen molar-refractivity contribution in [2.75, 3.05) is 25.1 Å².